The van der Waals surface area contributed by atoms with Crippen molar-refractivity contribution in [3.63, 3.8) is 0 Å². The van der Waals surface area contributed by atoms with E-state index in [-0.39, 0.29) is 0 Å². The van der Waals surface area contributed by atoms with Gasteiger partial charge in [0, 0.05) is 7.05 Å². The third-order valence-electron chi connectivity index (χ3n) is 3.22. The maximum atomic E-state index is 5.67. The molecule has 3 rings (SSSR count). The zero-order valence-electron chi connectivity index (χ0n) is 11.9. The number of hydrogen-bond donors (Lipinski definition) is 2. The van der Waals surface area contributed by atoms with Crippen LogP contribution in [0.2, 0.25) is 0 Å². The molecule has 0 fully saturated rings. The van der Waals surface area contributed by atoms with Crippen molar-refractivity contribution in [1.82, 2.24) is 19.5 Å². The molecule has 0 aliphatic heterocycles. The quantitative estimate of drug-likeness (QED) is 0.560. The van der Waals surface area contributed by atoms with E-state index in [0.29, 0.717) is 23.6 Å². The molecule has 0 saturated heterocycles. The predicted molar refractivity (Wildman–Crippen MR) is 80.7 cm³/mol. The Morgan fingerprint density at radius 1 is 1.29 bits per heavy atom. The van der Waals surface area contributed by atoms with Gasteiger partial charge in [-0.3, -0.25) is 0 Å². The van der Waals surface area contributed by atoms with Gasteiger partial charge in [0.2, 0.25) is 0 Å². The summed E-state index contributed by atoms with van der Waals surface area (Å²) in [5.74, 6) is 7.51. The fourth-order valence-electron chi connectivity index (χ4n) is 2.28. The molecule has 21 heavy (non-hydrogen) atoms. The largest absolute Gasteiger partial charge is 0.493 e. The van der Waals surface area contributed by atoms with Crippen LogP contribution in [0, 0.1) is 0 Å². The summed E-state index contributed by atoms with van der Waals surface area (Å²) >= 11 is 0. The van der Waals surface area contributed by atoms with Crippen molar-refractivity contribution >= 4 is 17.0 Å². The molecule has 0 spiro atoms. The fourth-order valence-corrected chi connectivity index (χ4v) is 2.28. The van der Waals surface area contributed by atoms with Crippen molar-refractivity contribution in [2.45, 2.75) is 6.92 Å². The van der Waals surface area contributed by atoms with E-state index in [2.05, 4.69) is 20.4 Å². The van der Waals surface area contributed by atoms with Gasteiger partial charge >= 0.3 is 0 Å². The summed E-state index contributed by atoms with van der Waals surface area (Å²) in [6, 6.07) is 7.77. The van der Waals surface area contributed by atoms with Crippen LogP contribution >= 0.6 is 0 Å². The van der Waals surface area contributed by atoms with E-state index in [0.717, 1.165) is 17.1 Å². The number of imidazole rings is 1. The summed E-state index contributed by atoms with van der Waals surface area (Å²) in [4.78, 5) is 13.0. The summed E-state index contributed by atoms with van der Waals surface area (Å²) in [6.45, 7) is 2.55. The van der Waals surface area contributed by atoms with Gasteiger partial charge in [-0.05, 0) is 19.1 Å². The minimum Gasteiger partial charge on any atom is -0.493 e. The molecule has 7 heteroatoms. The number of aryl methyl sites for hydroxylation is 1. The Balaban J connectivity index is 2.24. The molecule has 7 nitrogen and oxygen atoms in total. The number of anilines is 1. The molecule has 0 atom stereocenters. The van der Waals surface area contributed by atoms with Gasteiger partial charge in [-0.25, -0.2) is 20.8 Å². The summed E-state index contributed by atoms with van der Waals surface area (Å²) in [7, 11) is 1.90. The van der Waals surface area contributed by atoms with Gasteiger partial charge < -0.3 is 14.7 Å². The minimum atomic E-state index is 0.496. The van der Waals surface area contributed by atoms with Crippen LogP contribution in [-0.2, 0) is 7.05 Å². The highest BCUT2D eigenvalue weighted by atomic mass is 16.5. The number of para-hydroxylation sites is 1. The maximum absolute atomic E-state index is 5.67. The van der Waals surface area contributed by atoms with E-state index in [1.54, 1.807) is 0 Å². The van der Waals surface area contributed by atoms with E-state index in [1.165, 1.54) is 6.33 Å². The van der Waals surface area contributed by atoms with Gasteiger partial charge in [0.1, 0.15) is 17.9 Å². The van der Waals surface area contributed by atoms with Crippen LogP contribution in [0.4, 0.5) is 5.82 Å². The molecule has 3 aromatic rings. The smallest absolute Gasteiger partial charge is 0.171 e. The van der Waals surface area contributed by atoms with Crippen LogP contribution in [0.15, 0.2) is 30.6 Å². The number of nitrogens with zero attached hydrogens (tertiary/aromatic N) is 4. The molecule has 0 aliphatic carbocycles. The molecule has 2 heterocycles. The Bertz CT molecular complexity index is 782. The normalized spacial score (nSPS) is 10.8. The number of nitrogens with one attached hydrogen (secondary N) is 1. The van der Waals surface area contributed by atoms with Crippen LogP contribution in [0.5, 0.6) is 5.75 Å². The number of benzene rings is 1. The van der Waals surface area contributed by atoms with Crippen LogP contribution < -0.4 is 16.0 Å². The first kappa shape index (κ1) is 13.3. The van der Waals surface area contributed by atoms with Gasteiger partial charge in [-0.15, -0.1) is 0 Å². The number of hydrogen-bond acceptors (Lipinski definition) is 6. The zero-order chi connectivity index (χ0) is 14.8. The molecule has 3 N–H and O–H groups in total. The van der Waals surface area contributed by atoms with Crippen LogP contribution in [-0.4, -0.2) is 26.1 Å². The van der Waals surface area contributed by atoms with Crippen LogP contribution in [0.1, 0.15) is 6.92 Å². The first-order chi connectivity index (χ1) is 10.3. The van der Waals surface area contributed by atoms with Crippen LogP contribution in [0.3, 0.4) is 0 Å². The standard InChI is InChI=1S/C14H16N6O/c1-3-21-10-7-5-4-6-9(10)13-18-11-12(19-15)16-8-17-14(11)20(13)2/h4-8H,3,15H2,1-2H3,(H,16,17,19). The average Bonchev–Trinajstić information content (AvgIpc) is 2.85. The molecular weight excluding hydrogens is 268 g/mol. The van der Waals surface area contributed by atoms with Crippen molar-refractivity contribution in [3.05, 3.63) is 30.6 Å². The number of nitrogens with two attached hydrogens (primary N) is 1. The van der Waals surface area contributed by atoms with Gasteiger partial charge in [-0.1, -0.05) is 12.1 Å². The number of aromatic nitrogens is 4. The lowest BCUT2D eigenvalue weighted by molar-refractivity contribution is 0.341. The lowest BCUT2D eigenvalue weighted by atomic mass is 10.2. The molecule has 0 saturated carbocycles. The highest BCUT2D eigenvalue weighted by Gasteiger charge is 2.17. The first-order valence-electron chi connectivity index (χ1n) is 6.62. The molecule has 1 aromatic carbocycles. The summed E-state index contributed by atoms with van der Waals surface area (Å²) in [5, 5.41) is 0. The first-order valence-corrected chi connectivity index (χ1v) is 6.62. The molecule has 0 bridgehead atoms. The third kappa shape index (κ3) is 2.17. The predicted octanol–water partition coefficient (Wildman–Crippen LogP) is 1.71. The molecule has 0 aliphatic rings. The Hall–Kier alpha value is -2.67. The lowest BCUT2D eigenvalue weighted by Crippen LogP contribution is -2.09. The number of nitrogen functional groups attached to an aromatic ring is 1. The zero-order valence-corrected chi connectivity index (χ0v) is 11.9. The number of ether oxygens (including phenoxy) is 1. The second-order valence-corrected chi connectivity index (χ2v) is 4.46. The van der Waals surface area contributed by atoms with Gasteiger partial charge in [0.15, 0.2) is 17.0 Å². The van der Waals surface area contributed by atoms with Gasteiger partial charge in [0.25, 0.3) is 0 Å². The number of fused-ring (bicyclic) bond motifs is 1. The molecule has 108 valence electrons. The van der Waals surface area contributed by atoms with Crippen LogP contribution in [0.25, 0.3) is 22.6 Å². The Labute approximate surface area is 121 Å². The summed E-state index contributed by atoms with van der Waals surface area (Å²) in [5.41, 5.74) is 4.79. The fraction of sp³-hybridized carbons (Fsp3) is 0.214. The number of rotatable bonds is 4. The van der Waals surface area contributed by atoms with Gasteiger partial charge in [0.05, 0.1) is 12.2 Å². The highest BCUT2D eigenvalue weighted by Crippen LogP contribution is 2.31. The monoisotopic (exact) mass is 284 g/mol. The lowest BCUT2D eigenvalue weighted by Gasteiger charge is -2.09. The minimum absolute atomic E-state index is 0.496. The maximum Gasteiger partial charge on any atom is 0.171 e. The topological polar surface area (TPSA) is 90.9 Å². The van der Waals surface area contributed by atoms with Crippen molar-refractivity contribution in [1.29, 1.82) is 0 Å². The van der Waals surface area contributed by atoms with Crippen molar-refractivity contribution in [2.24, 2.45) is 12.9 Å². The summed E-state index contributed by atoms with van der Waals surface area (Å²) < 4.78 is 7.57. The molecular formula is C14H16N6O. The van der Waals surface area contributed by atoms with E-state index >= 15 is 0 Å². The van der Waals surface area contributed by atoms with E-state index < -0.39 is 0 Å². The second-order valence-electron chi connectivity index (χ2n) is 4.46. The van der Waals surface area contributed by atoms with Crippen molar-refractivity contribution in [3.8, 4) is 17.1 Å². The Morgan fingerprint density at radius 3 is 2.86 bits per heavy atom. The molecule has 0 radical (unpaired) electrons. The second kappa shape index (κ2) is 5.37. The third-order valence-corrected chi connectivity index (χ3v) is 3.22. The summed E-state index contributed by atoms with van der Waals surface area (Å²) in [6.07, 6.45) is 1.46. The average molecular weight is 284 g/mol. The SMILES string of the molecule is CCOc1ccccc1-c1nc2c(NN)ncnc2n1C. The Morgan fingerprint density at radius 2 is 2.10 bits per heavy atom. The van der Waals surface area contributed by atoms with E-state index in [1.807, 2.05) is 42.8 Å². The van der Waals surface area contributed by atoms with E-state index in [4.69, 9.17) is 10.6 Å². The molecule has 2 aromatic heterocycles. The number of hydrazine groups is 1. The van der Waals surface area contributed by atoms with Crippen molar-refractivity contribution in [2.75, 3.05) is 12.0 Å². The molecule has 0 amide bonds. The highest BCUT2D eigenvalue weighted by molar-refractivity contribution is 5.86. The van der Waals surface area contributed by atoms with E-state index in [9.17, 15) is 0 Å². The van der Waals surface area contributed by atoms with Gasteiger partial charge in [-0.2, -0.15) is 0 Å². The van der Waals surface area contributed by atoms with Crippen molar-refractivity contribution < 1.29 is 4.74 Å². The molecule has 0 unspecified atom stereocenters. The Kier molecular flexibility index (Phi) is 3.41.